The summed E-state index contributed by atoms with van der Waals surface area (Å²) in [6.45, 7) is 2.18. The number of carbonyl (C=O) groups is 2. The summed E-state index contributed by atoms with van der Waals surface area (Å²) in [6.07, 6.45) is 0. The highest BCUT2D eigenvalue weighted by Crippen LogP contribution is 2.55. The number of fused-ring (bicyclic) bond motifs is 2. The van der Waals surface area contributed by atoms with Crippen molar-refractivity contribution in [1.82, 2.24) is 4.98 Å². The smallest absolute Gasteiger partial charge is 0.305 e. The lowest BCUT2D eigenvalue weighted by Gasteiger charge is -2.30. The highest BCUT2D eigenvalue weighted by Gasteiger charge is 2.57. The van der Waals surface area contributed by atoms with Crippen molar-refractivity contribution in [2.75, 3.05) is 4.90 Å². The summed E-state index contributed by atoms with van der Waals surface area (Å²) in [4.78, 5) is 55.4. The molecule has 0 bridgehead atoms. The van der Waals surface area contributed by atoms with Crippen molar-refractivity contribution in [1.29, 1.82) is 0 Å². The van der Waals surface area contributed by atoms with E-state index in [9.17, 15) is 24.5 Å². The molecule has 2 unspecified atom stereocenters. The van der Waals surface area contributed by atoms with Gasteiger partial charge in [-0.1, -0.05) is 71.1 Å². The van der Waals surface area contributed by atoms with E-state index in [1.54, 1.807) is 30.3 Å². The zero-order valence-electron chi connectivity index (χ0n) is 20.5. The van der Waals surface area contributed by atoms with Gasteiger partial charge in [-0.2, -0.15) is 0 Å². The molecule has 39 heavy (non-hydrogen) atoms. The van der Waals surface area contributed by atoms with E-state index in [2.05, 4.69) is 4.98 Å². The molecule has 0 aliphatic carbocycles. The number of nitro benzene ring substituents is 1. The fraction of sp³-hybridized carbons (Fsp3) is 0.179. The highest BCUT2D eigenvalue weighted by molar-refractivity contribution is 8.00. The number of benzene rings is 3. The number of anilines is 1. The Morgan fingerprint density at radius 1 is 1.00 bits per heavy atom. The van der Waals surface area contributed by atoms with Crippen LogP contribution in [0.25, 0.3) is 0 Å². The molecule has 1 N–H and O–H groups in total. The van der Waals surface area contributed by atoms with Crippen LogP contribution in [0.3, 0.4) is 0 Å². The molecular weight excluding hydrogens is 538 g/mol. The number of amides is 2. The first-order valence-electron chi connectivity index (χ1n) is 12.1. The maximum absolute atomic E-state index is 13.9. The minimum atomic E-state index is -0.884. The van der Waals surface area contributed by atoms with Crippen LogP contribution in [0.15, 0.2) is 82.6 Å². The molecule has 1 aromatic heterocycles. The molecule has 4 aromatic rings. The van der Waals surface area contributed by atoms with Crippen LogP contribution >= 0.6 is 23.1 Å². The lowest BCUT2D eigenvalue weighted by molar-refractivity contribution is -0.385. The van der Waals surface area contributed by atoms with Crippen LogP contribution in [-0.4, -0.2) is 27.0 Å². The number of nitrogens with one attached hydrogen (secondary N) is 1. The molecule has 3 aromatic carbocycles. The van der Waals surface area contributed by atoms with E-state index in [0.29, 0.717) is 26.9 Å². The van der Waals surface area contributed by atoms with Gasteiger partial charge >= 0.3 is 4.87 Å². The van der Waals surface area contributed by atoms with Gasteiger partial charge in [-0.25, -0.2) is 4.90 Å². The van der Waals surface area contributed by atoms with E-state index in [-0.39, 0.29) is 17.2 Å². The average molecular weight is 560 g/mol. The molecule has 11 heteroatoms. The van der Waals surface area contributed by atoms with Crippen molar-refractivity contribution < 1.29 is 19.2 Å². The van der Waals surface area contributed by atoms with Gasteiger partial charge in [-0.3, -0.25) is 24.5 Å². The Labute approximate surface area is 230 Å². The molecule has 3 atom stereocenters. The topological polar surface area (TPSA) is 123 Å². The minimum absolute atomic E-state index is 0.177. The number of rotatable bonds is 6. The van der Waals surface area contributed by atoms with E-state index in [1.165, 1.54) is 23.1 Å². The molecule has 6 rings (SSSR count). The summed E-state index contributed by atoms with van der Waals surface area (Å²) < 4.78 is 6.17. The number of thioether (sulfide) groups is 1. The lowest BCUT2D eigenvalue weighted by atomic mass is 9.82. The molecule has 9 nitrogen and oxygen atoms in total. The van der Waals surface area contributed by atoms with Crippen molar-refractivity contribution in [3.05, 3.63) is 114 Å². The number of aromatic nitrogens is 1. The van der Waals surface area contributed by atoms with E-state index in [4.69, 9.17) is 4.74 Å². The van der Waals surface area contributed by atoms with Crippen LogP contribution in [0, 0.1) is 23.0 Å². The number of ether oxygens (including phenoxy) is 1. The van der Waals surface area contributed by atoms with Crippen molar-refractivity contribution in [3.63, 3.8) is 0 Å². The number of non-ortho nitro benzene ring substituents is 1. The Balaban J connectivity index is 1.48. The zero-order chi connectivity index (χ0) is 27.3. The van der Waals surface area contributed by atoms with Gasteiger partial charge in [0.1, 0.15) is 17.6 Å². The molecule has 1 saturated heterocycles. The molecule has 2 amide bonds. The molecule has 0 spiro atoms. The minimum Gasteiger partial charge on any atom is -0.489 e. The summed E-state index contributed by atoms with van der Waals surface area (Å²) in [5.41, 5.74) is 2.66. The van der Waals surface area contributed by atoms with Gasteiger partial charge in [-0.05, 0) is 30.7 Å². The van der Waals surface area contributed by atoms with E-state index in [1.807, 2.05) is 31.2 Å². The van der Waals surface area contributed by atoms with Gasteiger partial charge < -0.3 is 9.72 Å². The zero-order valence-corrected chi connectivity index (χ0v) is 22.2. The first kappa shape index (κ1) is 25.1. The maximum Gasteiger partial charge on any atom is 0.305 e. The molecular formula is C28H21N3O6S2. The highest BCUT2D eigenvalue weighted by atomic mass is 32.2. The summed E-state index contributed by atoms with van der Waals surface area (Å²) in [5, 5.41) is 11.4. The van der Waals surface area contributed by atoms with Crippen LogP contribution in [0.1, 0.15) is 27.5 Å². The normalized spacial score (nSPS) is 20.0. The van der Waals surface area contributed by atoms with Gasteiger partial charge in [0.15, 0.2) is 0 Å². The third kappa shape index (κ3) is 4.43. The second-order valence-corrected chi connectivity index (χ2v) is 11.5. The standard InChI is InChI=1S/C28H21N3O6S2/c1-15-7-9-16(10-8-15)14-37-20-12-11-18(31(35)36)13-19(20)21-22-24(38-25-23(21)39-28(34)29-25)27(33)30(26(22)32)17-5-3-2-4-6-17/h2-13,21-22,24H,14H2,1H3,(H,29,34)/t21-,22?,24?/m1/s1. The molecule has 1 fully saturated rings. The average Bonchev–Trinajstić information content (AvgIpc) is 3.43. The van der Waals surface area contributed by atoms with Crippen LogP contribution in [0.2, 0.25) is 0 Å². The number of aryl methyl sites for hydroxylation is 1. The molecule has 2 aliphatic heterocycles. The molecule has 196 valence electrons. The van der Waals surface area contributed by atoms with Crippen molar-refractivity contribution in [2.45, 2.75) is 29.7 Å². The summed E-state index contributed by atoms with van der Waals surface area (Å²) in [6, 6.07) is 20.7. The Hall–Kier alpha value is -4.22. The number of carbonyl (C=O) groups excluding carboxylic acids is 2. The fourth-order valence-corrected chi connectivity index (χ4v) is 7.56. The number of aromatic amines is 1. The second kappa shape index (κ2) is 9.83. The summed E-state index contributed by atoms with van der Waals surface area (Å²) >= 11 is 2.10. The first-order chi connectivity index (χ1) is 18.8. The Morgan fingerprint density at radius 2 is 1.74 bits per heavy atom. The van der Waals surface area contributed by atoms with Gasteiger partial charge in [-0.15, -0.1) is 0 Å². The Morgan fingerprint density at radius 3 is 2.46 bits per heavy atom. The third-order valence-electron chi connectivity index (χ3n) is 6.89. The number of hydrogen-bond acceptors (Lipinski definition) is 8. The van der Waals surface area contributed by atoms with Crippen molar-refractivity contribution >= 4 is 46.3 Å². The third-order valence-corrected chi connectivity index (χ3v) is 9.29. The molecule has 0 radical (unpaired) electrons. The predicted molar refractivity (Wildman–Crippen MR) is 147 cm³/mol. The summed E-state index contributed by atoms with van der Waals surface area (Å²) in [7, 11) is 0. The number of H-pyrrole nitrogens is 1. The van der Waals surface area contributed by atoms with Crippen LogP contribution < -0.4 is 14.5 Å². The van der Waals surface area contributed by atoms with Crippen LogP contribution in [0.5, 0.6) is 5.75 Å². The SMILES string of the molecule is Cc1ccc(COc2ccc([N+](=O)[O-])cc2[C@H]2c3sc(=O)[nH]c3SC3C(=O)N(c4ccccc4)C(=O)C32)cc1. The molecule has 2 aliphatic rings. The Kier molecular flexibility index (Phi) is 6.32. The summed E-state index contributed by atoms with van der Waals surface area (Å²) in [5.74, 6) is -2.15. The van der Waals surface area contributed by atoms with Crippen molar-refractivity contribution in [2.24, 2.45) is 5.92 Å². The monoisotopic (exact) mass is 559 g/mol. The first-order valence-corrected chi connectivity index (χ1v) is 13.8. The van der Waals surface area contributed by atoms with Gasteiger partial charge in [0.05, 0.1) is 21.6 Å². The van der Waals surface area contributed by atoms with Gasteiger partial charge in [0.25, 0.3) is 5.69 Å². The number of nitrogens with zero attached hydrogens (tertiary/aromatic N) is 2. The number of imide groups is 1. The number of hydrogen-bond donors (Lipinski definition) is 1. The van der Waals surface area contributed by atoms with Crippen LogP contribution in [-0.2, 0) is 16.2 Å². The fourth-order valence-electron chi connectivity index (χ4n) is 5.05. The largest absolute Gasteiger partial charge is 0.489 e. The maximum atomic E-state index is 13.9. The number of nitro groups is 1. The van der Waals surface area contributed by atoms with Gasteiger partial charge in [0.2, 0.25) is 11.8 Å². The van der Waals surface area contributed by atoms with E-state index in [0.717, 1.165) is 34.2 Å². The van der Waals surface area contributed by atoms with E-state index >= 15 is 0 Å². The van der Waals surface area contributed by atoms with E-state index < -0.39 is 33.8 Å². The van der Waals surface area contributed by atoms with Crippen molar-refractivity contribution in [3.8, 4) is 5.75 Å². The lowest BCUT2D eigenvalue weighted by Crippen LogP contribution is -2.32. The molecule has 0 saturated carbocycles. The quantitative estimate of drug-likeness (QED) is 0.200. The Bertz CT molecular complexity index is 1660. The molecule has 3 heterocycles. The van der Waals surface area contributed by atoms with Crippen LogP contribution in [0.4, 0.5) is 11.4 Å². The predicted octanol–water partition coefficient (Wildman–Crippen LogP) is 5.03. The number of para-hydroxylation sites is 1. The number of thiazole rings is 1. The van der Waals surface area contributed by atoms with Gasteiger partial charge in [0, 0.05) is 28.5 Å². The second-order valence-electron chi connectivity index (χ2n) is 9.35.